The van der Waals surface area contributed by atoms with Crippen LogP contribution in [0.15, 0.2) is 40.1 Å². The standard InChI is InChI=1S/C21H21F3N4O2.ClH/c22-21(23,24)16-5-3-15(4-6-16)20-9-17(20)12-27(13-20)7-1-2-8-28-11-14(10-25)18(29)26-19(28)30;/h3-6,11,17H,1-2,7-9,12-13H2,(H,26,29,30);1H/t17-,20+;/m0./s1. The Labute approximate surface area is 182 Å². The van der Waals surface area contributed by atoms with E-state index in [1.54, 1.807) is 18.2 Å². The van der Waals surface area contributed by atoms with Crippen molar-refractivity contribution in [3.8, 4) is 6.07 Å². The molecule has 6 nitrogen and oxygen atoms in total. The Morgan fingerprint density at radius 2 is 1.84 bits per heavy atom. The molecule has 2 atom stereocenters. The highest BCUT2D eigenvalue weighted by Gasteiger charge is 2.60. The van der Waals surface area contributed by atoms with E-state index in [1.807, 2.05) is 0 Å². The molecular weight excluding hydrogens is 433 g/mol. The van der Waals surface area contributed by atoms with Crippen molar-refractivity contribution in [2.24, 2.45) is 5.92 Å². The maximum absolute atomic E-state index is 12.8. The lowest BCUT2D eigenvalue weighted by molar-refractivity contribution is -0.137. The van der Waals surface area contributed by atoms with Gasteiger partial charge in [-0.3, -0.25) is 14.3 Å². The van der Waals surface area contributed by atoms with Crippen LogP contribution in [0.2, 0.25) is 0 Å². The molecule has 4 rings (SSSR count). The fourth-order valence-corrected chi connectivity index (χ4v) is 4.57. The molecular formula is C21H22ClF3N4O2. The minimum absolute atomic E-state index is 0. The number of aromatic amines is 1. The van der Waals surface area contributed by atoms with Gasteiger partial charge in [0, 0.05) is 31.2 Å². The molecule has 0 amide bonds. The number of nitrogens with zero attached hydrogens (tertiary/aromatic N) is 3. The smallest absolute Gasteiger partial charge is 0.302 e. The van der Waals surface area contributed by atoms with Crippen molar-refractivity contribution in [1.29, 1.82) is 5.26 Å². The van der Waals surface area contributed by atoms with Gasteiger partial charge in [-0.1, -0.05) is 12.1 Å². The molecule has 1 aliphatic heterocycles. The first-order valence-electron chi connectivity index (χ1n) is 9.87. The van der Waals surface area contributed by atoms with Crippen molar-refractivity contribution in [2.45, 2.75) is 37.4 Å². The van der Waals surface area contributed by atoms with Gasteiger partial charge in [0.25, 0.3) is 5.56 Å². The number of H-pyrrole nitrogens is 1. The highest BCUT2D eigenvalue weighted by molar-refractivity contribution is 5.85. The van der Waals surface area contributed by atoms with E-state index < -0.39 is 23.0 Å². The average molecular weight is 455 g/mol. The number of benzene rings is 1. The van der Waals surface area contributed by atoms with Gasteiger partial charge in [0.05, 0.1) is 5.56 Å². The third-order valence-electron chi connectivity index (χ3n) is 6.26. The van der Waals surface area contributed by atoms with E-state index in [9.17, 15) is 22.8 Å². The molecule has 1 saturated carbocycles. The number of hydrogen-bond acceptors (Lipinski definition) is 4. The van der Waals surface area contributed by atoms with Crippen LogP contribution in [0.25, 0.3) is 0 Å². The minimum Gasteiger partial charge on any atom is -0.302 e. The molecule has 1 N–H and O–H groups in total. The SMILES string of the molecule is Cl.N#Cc1cn(CCCCN2C[C@@H]3C[C@]3(c3ccc(C(F)(F)F)cc3)C2)c(=O)[nH]c1=O. The van der Waals surface area contributed by atoms with Gasteiger partial charge in [-0.2, -0.15) is 18.4 Å². The Hall–Kier alpha value is -2.57. The van der Waals surface area contributed by atoms with Gasteiger partial charge in [0.2, 0.25) is 0 Å². The number of piperidine rings is 1. The quantitative estimate of drug-likeness (QED) is 0.680. The number of nitriles is 1. The van der Waals surface area contributed by atoms with Gasteiger partial charge in [0.15, 0.2) is 0 Å². The summed E-state index contributed by atoms with van der Waals surface area (Å²) in [5.41, 5.74) is -0.959. The number of hydrogen-bond donors (Lipinski definition) is 1. The molecule has 166 valence electrons. The highest BCUT2D eigenvalue weighted by atomic mass is 35.5. The van der Waals surface area contributed by atoms with Gasteiger partial charge in [-0.15, -0.1) is 12.4 Å². The Morgan fingerprint density at radius 3 is 2.48 bits per heavy atom. The Morgan fingerprint density at radius 1 is 1.16 bits per heavy atom. The fraction of sp³-hybridized carbons (Fsp3) is 0.476. The Balaban J connectivity index is 0.00000272. The zero-order chi connectivity index (χ0) is 21.5. The van der Waals surface area contributed by atoms with Gasteiger partial charge < -0.3 is 4.90 Å². The molecule has 2 fully saturated rings. The molecule has 2 aliphatic rings. The first-order valence-corrected chi connectivity index (χ1v) is 9.87. The number of fused-ring (bicyclic) bond motifs is 1. The number of halogens is 4. The third kappa shape index (κ3) is 4.55. The Kier molecular flexibility index (Phi) is 6.35. The number of likely N-dealkylation sites (tertiary alicyclic amines) is 1. The molecule has 0 spiro atoms. The van der Waals surface area contributed by atoms with E-state index in [1.165, 1.54) is 22.9 Å². The van der Waals surface area contributed by atoms with Crippen molar-refractivity contribution in [1.82, 2.24) is 14.5 Å². The van der Waals surface area contributed by atoms with Gasteiger partial charge >= 0.3 is 11.9 Å². The van der Waals surface area contributed by atoms with Gasteiger partial charge in [0.1, 0.15) is 11.6 Å². The number of aromatic nitrogens is 2. The lowest BCUT2D eigenvalue weighted by atomic mass is 9.94. The summed E-state index contributed by atoms with van der Waals surface area (Å²) in [6, 6.07) is 7.32. The van der Waals surface area contributed by atoms with Gasteiger partial charge in [-0.25, -0.2) is 4.79 Å². The van der Waals surface area contributed by atoms with E-state index in [-0.39, 0.29) is 23.4 Å². The van der Waals surface area contributed by atoms with E-state index in [0.717, 1.165) is 38.0 Å². The van der Waals surface area contributed by atoms with Crippen molar-refractivity contribution in [3.05, 3.63) is 68.0 Å². The summed E-state index contributed by atoms with van der Waals surface area (Å²) in [4.78, 5) is 27.7. The van der Waals surface area contributed by atoms with Crippen molar-refractivity contribution >= 4 is 12.4 Å². The van der Waals surface area contributed by atoms with Crippen LogP contribution in [0, 0.1) is 17.2 Å². The maximum Gasteiger partial charge on any atom is 0.416 e. The predicted octanol–water partition coefficient (Wildman–Crippen LogP) is 2.90. The fourth-order valence-electron chi connectivity index (χ4n) is 4.57. The first kappa shape index (κ1) is 23.1. The van der Waals surface area contributed by atoms with Crippen LogP contribution in [-0.4, -0.2) is 34.1 Å². The van der Waals surface area contributed by atoms with Crippen LogP contribution in [0.3, 0.4) is 0 Å². The van der Waals surface area contributed by atoms with Crippen molar-refractivity contribution in [3.63, 3.8) is 0 Å². The summed E-state index contributed by atoms with van der Waals surface area (Å²) >= 11 is 0. The first-order chi connectivity index (χ1) is 14.2. The molecule has 1 aromatic carbocycles. The normalized spacial score (nSPS) is 22.5. The number of rotatable bonds is 6. The molecule has 2 aromatic rings. The second kappa shape index (κ2) is 8.52. The molecule has 0 bridgehead atoms. The Bertz CT molecular complexity index is 1100. The second-order valence-electron chi connectivity index (χ2n) is 8.18. The summed E-state index contributed by atoms with van der Waals surface area (Å²) in [5.74, 6) is 0.481. The van der Waals surface area contributed by atoms with Crippen molar-refractivity contribution < 1.29 is 13.2 Å². The number of alkyl halides is 3. The zero-order valence-corrected chi connectivity index (χ0v) is 17.4. The van der Waals surface area contributed by atoms with E-state index in [4.69, 9.17) is 5.26 Å². The summed E-state index contributed by atoms with van der Waals surface area (Å²) < 4.78 is 39.7. The van der Waals surface area contributed by atoms with Crippen LogP contribution in [-0.2, 0) is 18.1 Å². The van der Waals surface area contributed by atoms with Crippen LogP contribution in [0.1, 0.15) is 36.0 Å². The molecule has 10 heteroatoms. The number of aryl methyl sites for hydroxylation is 1. The molecule has 0 radical (unpaired) electrons. The summed E-state index contributed by atoms with van der Waals surface area (Å²) in [5, 5.41) is 8.90. The maximum atomic E-state index is 12.8. The molecule has 0 unspecified atom stereocenters. The number of nitrogens with one attached hydrogen (secondary N) is 1. The van der Waals surface area contributed by atoms with Crippen LogP contribution in [0.5, 0.6) is 0 Å². The summed E-state index contributed by atoms with van der Waals surface area (Å²) in [6.45, 7) is 3.01. The minimum atomic E-state index is -4.32. The largest absolute Gasteiger partial charge is 0.416 e. The molecule has 1 saturated heterocycles. The molecule has 2 heterocycles. The van der Waals surface area contributed by atoms with Crippen LogP contribution in [0.4, 0.5) is 13.2 Å². The molecule has 1 aromatic heterocycles. The van der Waals surface area contributed by atoms with Crippen molar-refractivity contribution in [2.75, 3.05) is 19.6 Å². The predicted molar refractivity (Wildman–Crippen MR) is 110 cm³/mol. The van der Waals surface area contributed by atoms with E-state index >= 15 is 0 Å². The van der Waals surface area contributed by atoms with Crippen LogP contribution >= 0.6 is 12.4 Å². The topological polar surface area (TPSA) is 81.9 Å². The van der Waals surface area contributed by atoms with Crippen LogP contribution < -0.4 is 11.2 Å². The average Bonchev–Trinajstić information content (AvgIpc) is 3.27. The highest BCUT2D eigenvalue weighted by Crippen LogP contribution is 2.59. The zero-order valence-electron chi connectivity index (χ0n) is 16.6. The monoisotopic (exact) mass is 454 g/mol. The molecule has 31 heavy (non-hydrogen) atoms. The third-order valence-corrected chi connectivity index (χ3v) is 6.26. The molecule has 1 aliphatic carbocycles. The summed E-state index contributed by atoms with van der Waals surface area (Å²) in [7, 11) is 0. The van der Waals surface area contributed by atoms with E-state index in [2.05, 4.69) is 9.88 Å². The summed E-state index contributed by atoms with van der Waals surface area (Å²) in [6.07, 6.45) is -0.471. The lowest BCUT2D eigenvalue weighted by Gasteiger charge is -2.21. The van der Waals surface area contributed by atoms with Gasteiger partial charge in [-0.05, 0) is 49.4 Å². The van der Waals surface area contributed by atoms with E-state index in [0.29, 0.717) is 18.9 Å². The second-order valence-corrected chi connectivity index (χ2v) is 8.18. The number of unbranched alkanes of at least 4 members (excludes halogenated alkanes) is 1. The lowest BCUT2D eigenvalue weighted by Crippen LogP contribution is -2.31.